The number of para-hydroxylation sites is 2. The summed E-state index contributed by atoms with van der Waals surface area (Å²) in [5.41, 5.74) is 0.961. The van der Waals surface area contributed by atoms with Gasteiger partial charge in [0, 0.05) is 14.1 Å². The zero-order valence-corrected chi connectivity index (χ0v) is 13.3. The molecule has 2 atom stereocenters. The molecule has 3 rings (SSSR count). The van der Waals surface area contributed by atoms with Crippen molar-refractivity contribution in [1.82, 2.24) is 4.98 Å². The number of anilines is 2. The zero-order valence-electron chi connectivity index (χ0n) is 13.3. The maximum absolute atomic E-state index is 12.4. The van der Waals surface area contributed by atoms with Gasteiger partial charge in [-0.3, -0.25) is 4.79 Å². The maximum atomic E-state index is 12.4. The summed E-state index contributed by atoms with van der Waals surface area (Å²) < 4.78 is 11.5. The predicted octanol–water partition coefficient (Wildman–Crippen LogP) is 2.31. The van der Waals surface area contributed by atoms with Crippen molar-refractivity contribution in [2.75, 3.05) is 24.3 Å². The Labute approximate surface area is 135 Å². The van der Waals surface area contributed by atoms with E-state index >= 15 is 0 Å². The van der Waals surface area contributed by atoms with Crippen LogP contribution >= 0.6 is 0 Å². The minimum absolute atomic E-state index is 0.280. The SMILES string of the molecule is CC1Oc2ccccc2OC1C(=O)Nc1ccc(N(C)C)cn1. The van der Waals surface area contributed by atoms with Gasteiger partial charge in [-0.05, 0) is 31.2 Å². The summed E-state index contributed by atoms with van der Waals surface area (Å²) >= 11 is 0. The molecule has 23 heavy (non-hydrogen) atoms. The second-order valence-corrected chi connectivity index (χ2v) is 5.59. The molecule has 0 fully saturated rings. The molecule has 1 amide bonds. The van der Waals surface area contributed by atoms with E-state index in [0.29, 0.717) is 17.3 Å². The fraction of sp³-hybridized carbons (Fsp3) is 0.294. The van der Waals surface area contributed by atoms with E-state index in [2.05, 4.69) is 10.3 Å². The summed E-state index contributed by atoms with van der Waals surface area (Å²) in [5.74, 6) is 1.42. The number of hydrogen-bond acceptors (Lipinski definition) is 5. The smallest absolute Gasteiger partial charge is 0.270 e. The molecule has 0 bridgehead atoms. The second-order valence-electron chi connectivity index (χ2n) is 5.59. The van der Waals surface area contributed by atoms with Gasteiger partial charge in [-0.1, -0.05) is 12.1 Å². The third-order valence-corrected chi connectivity index (χ3v) is 3.62. The standard InChI is InChI=1S/C17H19N3O3/c1-11-16(23-14-7-5-4-6-13(14)22-11)17(21)19-15-9-8-12(10-18-15)20(2)3/h4-11,16H,1-3H3,(H,18,19,21). The Bertz CT molecular complexity index is 700. The molecule has 2 heterocycles. The molecule has 1 aromatic carbocycles. The molecule has 6 nitrogen and oxygen atoms in total. The molecule has 1 aliphatic heterocycles. The number of rotatable bonds is 3. The first-order valence-corrected chi connectivity index (χ1v) is 7.41. The summed E-state index contributed by atoms with van der Waals surface area (Å²) in [6.45, 7) is 1.81. The quantitative estimate of drug-likeness (QED) is 0.942. The molecule has 6 heteroatoms. The van der Waals surface area contributed by atoms with Crippen LogP contribution in [0.15, 0.2) is 42.6 Å². The Morgan fingerprint density at radius 2 is 1.83 bits per heavy atom. The molecule has 0 aliphatic carbocycles. The third-order valence-electron chi connectivity index (χ3n) is 3.62. The van der Waals surface area contributed by atoms with Gasteiger partial charge in [0.2, 0.25) is 6.10 Å². The van der Waals surface area contributed by atoms with Gasteiger partial charge in [0.1, 0.15) is 11.9 Å². The van der Waals surface area contributed by atoms with Crippen molar-refractivity contribution in [2.45, 2.75) is 19.1 Å². The van der Waals surface area contributed by atoms with E-state index in [0.717, 1.165) is 5.69 Å². The lowest BCUT2D eigenvalue weighted by molar-refractivity contribution is -0.128. The van der Waals surface area contributed by atoms with Crippen molar-refractivity contribution >= 4 is 17.4 Å². The summed E-state index contributed by atoms with van der Waals surface area (Å²) in [6.07, 6.45) is 0.596. The summed E-state index contributed by atoms with van der Waals surface area (Å²) in [6, 6.07) is 11.0. The normalized spacial score (nSPS) is 19.1. The highest BCUT2D eigenvalue weighted by Crippen LogP contribution is 2.33. The third kappa shape index (κ3) is 3.21. The van der Waals surface area contributed by atoms with Gasteiger partial charge < -0.3 is 19.7 Å². The molecule has 0 saturated heterocycles. The van der Waals surface area contributed by atoms with Crippen molar-refractivity contribution < 1.29 is 14.3 Å². The van der Waals surface area contributed by atoms with Crippen LogP contribution in [0.2, 0.25) is 0 Å². The van der Waals surface area contributed by atoms with Gasteiger partial charge in [0.25, 0.3) is 5.91 Å². The largest absolute Gasteiger partial charge is 0.482 e. The van der Waals surface area contributed by atoms with Gasteiger partial charge in [0.05, 0.1) is 11.9 Å². The molecular formula is C17H19N3O3. The van der Waals surface area contributed by atoms with Gasteiger partial charge in [-0.2, -0.15) is 0 Å². The molecule has 0 radical (unpaired) electrons. The van der Waals surface area contributed by atoms with E-state index < -0.39 is 6.10 Å². The summed E-state index contributed by atoms with van der Waals surface area (Å²) in [7, 11) is 3.86. The first-order valence-electron chi connectivity index (χ1n) is 7.41. The lowest BCUT2D eigenvalue weighted by Crippen LogP contribution is -2.46. The van der Waals surface area contributed by atoms with Crippen LogP contribution in [0.25, 0.3) is 0 Å². The van der Waals surface area contributed by atoms with Crippen molar-refractivity contribution in [3.63, 3.8) is 0 Å². The van der Waals surface area contributed by atoms with Crippen LogP contribution in [0.5, 0.6) is 11.5 Å². The van der Waals surface area contributed by atoms with E-state index in [1.807, 2.05) is 50.2 Å². The average molecular weight is 313 g/mol. The van der Waals surface area contributed by atoms with Crippen LogP contribution in [-0.2, 0) is 4.79 Å². The van der Waals surface area contributed by atoms with Crippen molar-refractivity contribution in [1.29, 1.82) is 0 Å². The number of nitrogens with zero attached hydrogens (tertiary/aromatic N) is 2. The lowest BCUT2D eigenvalue weighted by atomic mass is 10.1. The molecule has 2 unspecified atom stereocenters. The summed E-state index contributed by atoms with van der Waals surface area (Å²) in [5, 5.41) is 2.77. The van der Waals surface area contributed by atoms with Crippen LogP contribution in [0.3, 0.4) is 0 Å². The number of fused-ring (bicyclic) bond motifs is 1. The predicted molar refractivity (Wildman–Crippen MR) is 88.1 cm³/mol. The number of nitrogens with one attached hydrogen (secondary N) is 1. The molecule has 120 valence electrons. The number of carbonyl (C=O) groups is 1. The number of hydrogen-bond donors (Lipinski definition) is 1. The van der Waals surface area contributed by atoms with Crippen LogP contribution < -0.4 is 19.7 Å². The number of benzene rings is 1. The highest BCUT2D eigenvalue weighted by Gasteiger charge is 2.34. The second kappa shape index (κ2) is 6.16. The number of ether oxygens (including phenoxy) is 2. The van der Waals surface area contributed by atoms with E-state index in [1.165, 1.54) is 0 Å². The van der Waals surface area contributed by atoms with Crippen molar-refractivity contribution in [2.24, 2.45) is 0 Å². The number of amides is 1. The highest BCUT2D eigenvalue weighted by atomic mass is 16.6. The van der Waals surface area contributed by atoms with Gasteiger partial charge in [0.15, 0.2) is 11.5 Å². The molecular weight excluding hydrogens is 294 g/mol. The molecule has 0 saturated carbocycles. The zero-order chi connectivity index (χ0) is 16.4. The van der Waals surface area contributed by atoms with Crippen LogP contribution in [0, 0.1) is 0 Å². The summed E-state index contributed by atoms with van der Waals surface area (Å²) in [4.78, 5) is 18.6. The average Bonchev–Trinajstić information content (AvgIpc) is 2.54. The minimum Gasteiger partial charge on any atom is -0.482 e. The fourth-order valence-electron chi connectivity index (χ4n) is 2.33. The molecule has 1 N–H and O–H groups in total. The lowest BCUT2D eigenvalue weighted by Gasteiger charge is -2.30. The Morgan fingerprint density at radius 3 is 2.43 bits per heavy atom. The topological polar surface area (TPSA) is 63.7 Å². The number of carbonyl (C=O) groups excluding carboxylic acids is 1. The Balaban J connectivity index is 1.71. The monoisotopic (exact) mass is 313 g/mol. The molecule has 2 aromatic rings. The molecule has 1 aromatic heterocycles. The van der Waals surface area contributed by atoms with E-state index in [4.69, 9.17) is 9.47 Å². The first kappa shape index (κ1) is 15.1. The molecule has 0 spiro atoms. The Hall–Kier alpha value is -2.76. The first-order chi connectivity index (χ1) is 11.0. The minimum atomic E-state index is -0.722. The van der Waals surface area contributed by atoms with Crippen LogP contribution in [-0.4, -0.2) is 37.2 Å². The van der Waals surface area contributed by atoms with Crippen molar-refractivity contribution in [3.8, 4) is 11.5 Å². The fourth-order valence-corrected chi connectivity index (χ4v) is 2.33. The van der Waals surface area contributed by atoms with Gasteiger partial charge >= 0.3 is 0 Å². The maximum Gasteiger partial charge on any atom is 0.270 e. The van der Waals surface area contributed by atoms with E-state index in [-0.39, 0.29) is 12.0 Å². The Morgan fingerprint density at radius 1 is 1.13 bits per heavy atom. The van der Waals surface area contributed by atoms with Crippen molar-refractivity contribution in [3.05, 3.63) is 42.6 Å². The number of aromatic nitrogens is 1. The van der Waals surface area contributed by atoms with Crippen LogP contribution in [0.1, 0.15) is 6.92 Å². The van der Waals surface area contributed by atoms with E-state index in [9.17, 15) is 4.79 Å². The highest BCUT2D eigenvalue weighted by molar-refractivity contribution is 5.94. The Kier molecular flexibility index (Phi) is 4.06. The number of pyridine rings is 1. The van der Waals surface area contributed by atoms with E-state index in [1.54, 1.807) is 18.3 Å². The molecule has 1 aliphatic rings. The van der Waals surface area contributed by atoms with Gasteiger partial charge in [-0.25, -0.2) is 4.98 Å². The van der Waals surface area contributed by atoms with Crippen LogP contribution in [0.4, 0.5) is 11.5 Å². The van der Waals surface area contributed by atoms with Gasteiger partial charge in [-0.15, -0.1) is 0 Å².